The number of allylic oxidation sites excluding steroid dienone is 3. The molecule has 6 nitrogen and oxygen atoms in total. The van der Waals surface area contributed by atoms with Gasteiger partial charge in [-0.3, -0.25) is 14.4 Å². The summed E-state index contributed by atoms with van der Waals surface area (Å²) in [7, 11) is 0. The van der Waals surface area contributed by atoms with Crippen LogP contribution in [-0.4, -0.2) is 35.0 Å². The largest absolute Gasteiger partial charge is 0.507 e. The number of carbonyl (C=O) groups excluding carboxylic acids is 4. The standard InChI is InChI=1S/C25H28O6/c1-15(17(3)26)9-8-10-16(2)24(30)31-14-25(4,5)13-20-21(27)18-11-6-7-12-19(18)22(28)23(20)29/h6-7,10-12,27H,1,8-9,13-14H2,2-5H3/b16-10+. The fraction of sp³-hybridized carbons (Fsp3) is 0.360. The number of esters is 1. The second kappa shape index (κ2) is 9.69. The van der Waals surface area contributed by atoms with Gasteiger partial charge in [0.2, 0.25) is 11.6 Å². The summed E-state index contributed by atoms with van der Waals surface area (Å²) >= 11 is 0. The van der Waals surface area contributed by atoms with Crippen molar-refractivity contribution in [1.82, 2.24) is 0 Å². The van der Waals surface area contributed by atoms with Crippen molar-refractivity contribution in [1.29, 1.82) is 0 Å². The monoisotopic (exact) mass is 424 g/mol. The van der Waals surface area contributed by atoms with Crippen LogP contribution < -0.4 is 0 Å². The van der Waals surface area contributed by atoms with Crippen LogP contribution in [0, 0.1) is 5.41 Å². The number of carbonyl (C=O) groups is 4. The highest BCUT2D eigenvalue weighted by molar-refractivity contribution is 6.52. The van der Waals surface area contributed by atoms with Gasteiger partial charge in [-0.05, 0) is 38.7 Å². The first-order chi connectivity index (χ1) is 14.4. The highest BCUT2D eigenvalue weighted by Gasteiger charge is 2.36. The van der Waals surface area contributed by atoms with E-state index in [1.165, 1.54) is 13.0 Å². The van der Waals surface area contributed by atoms with Gasteiger partial charge in [-0.1, -0.05) is 50.8 Å². The van der Waals surface area contributed by atoms with Crippen molar-refractivity contribution in [2.75, 3.05) is 6.61 Å². The van der Waals surface area contributed by atoms with E-state index in [0.717, 1.165) is 0 Å². The summed E-state index contributed by atoms with van der Waals surface area (Å²) < 4.78 is 5.38. The van der Waals surface area contributed by atoms with E-state index in [9.17, 15) is 24.3 Å². The number of benzene rings is 1. The van der Waals surface area contributed by atoms with Gasteiger partial charge in [0.05, 0.1) is 6.61 Å². The SMILES string of the molecule is C=C(CC/C=C(\C)C(=O)OCC(C)(C)CC1=C(O)c2ccccc2C(=O)C1=O)C(C)=O. The Morgan fingerprint density at radius 1 is 1.10 bits per heavy atom. The van der Waals surface area contributed by atoms with Crippen molar-refractivity contribution in [3.8, 4) is 0 Å². The Hall–Kier alpha value is -3.28. The van der Waals surface area contributed by atoms with Crippen molar-refractivity contribution in [3.63, 3.8) is 0 Å². The number of hydrogen-bond acceptors (Lipinski definition) is 6. The number of rotatable bonds is 9. The summed E-state index contributed by atoms with van der Waals surface area (Å²) in [6.45, 7) is 10.3. The Labute approximate surface area is 182 Å². The van der Waals surface area contributed by atoms with E-state index >= 15 is 0 Å². The lowest BCUT2D eigenvalue weighted by molar-refractivity contribution is -0.142. The lowest BCUT2D eigenvalue weighted by Gasteiger charge is -2.27. The fourth-order valence-corrected chi connectivity index (χ4v) is 3.21. The molecule has 0 heterocycles. The van der Waals surface area contributed by atoms with Crippen LogP contribution in [0.5, 0.6) is 0 Å². The van der Waals surface area contributed by atoms with Gasteiger partial charge < -0.3 is 9.84 Å². The van der Waals surface area contributed by atoms with Crippen LogP contribution >= 0.6 is 0 Å². The second-order valence-electron chi connectivity index (χ2n) is 8.53. The molecule has 0 saturated heterocycles. The molecule has 1 aromatic carbocycles. The number of Topliss-reactive ketones (excluding diaryl/α,β-unsaturated/α-hetero) is 3. The van der Waals surface area contributed by atoms with Crippen molar-refractivity contribution in [2.45, 2.75) is 47.0 Å². The van der Waals surface area contributed by atoms with Crippen molar-refractivity contribution < 1.29 is 29.0 Å². The molecule has 0 saturated carbocycles. The zero-order valence-electron chi connectivity index (χ0n) is 18.4. The molecule has 6 heteroatoms. The predicted octanol–water partition coefficient (Wildman–Crippen LogP) is 4.55. The summed E-state index contributed by atoms with van der Waals surface area (Å²) in [4.78, 5) is 48.4. The van der Waals surface area contributed by atoms with Gasteiger partial charge in [-0.15, -0.1) is 0 Å². The van der Waals surface area contributed by atoms with E-state index in [-0.39, 0.29) is 35.7 Å². The molecule has 1 aromatic rings. The maximum absolute atomic E-state index is 12.5. The molecule has 0 unspecified atom stereocenters. The molecule has 0 aromatic heterocycles. The smallest absolute Gasteiger partial charge is 0.333 e. The average Bonchev–Trinajstić information content (AvgIpc) is 2.73. The summed E-state index contributed by atoms with van der Waals surface area (Å²) in [6.07, 6.45) is 2.74. The van der Waals surface area contributed by atoms with Crippen LogP contribution in [0.15, 0.2) is 53.6 Å². The minimum atomic E-state index is -0.739. The number of ether oxygens (including phenoxy) is 1. The molecule has 31 heavy (non-hydrogen) atoms. The van der Waals surface area contributed by atoms with Crippen LogP contribution in [-0.2, 0) is 19.1 Å². The molecule has 1 N–H and O–H groups in total. The summed E-state index contributed by atoms with van der Waals surface area (Å²) in [5.74, 6) is -2.18. The first-order valence-electron chi connectivity index (χ1n) is 10.1. The van der Waals surface area contributed by atoms with Crippen LogP contribution in [0.4, 0.5) is 0 Å². The van der Waals surface area contributed by atoms with Crippen LogP contribution in [0.3, 0.4) is 0 Å². The van der Waals surface area contributed by atoms with Gasteiger partial charge in [0.1, 0.15) is 5.76 Å². The third-order valence-electron chi connectivity index (χ3n) is 5.16. The van der Waals surface area contributed by atoms with E-state index in [1.807, 2.05) is 0 Å². The maximum Gasteiger partial charge on any atom is 0.333 e. The van der Waals surface area contributed by atoms with E-state index in [0.29, 0.717) is 29.6 Å². The summed E-state index contributed by atoms with van der Waals surface area (Å²) in [5, 5.41) is 10.6. The van der Waals surface area contributed by atoms with Crippen LogP contribution in [0.2, 0.25) is 0 Å². The molecule has 164 valence electrons. The Morgan fingerprint density at radius 3 is 2.32 bits per heavy atom. The first kappa shape index (κ1) is 24.0. The minimum Gasteiger partial charge on any atom is -0.507 e. The van der Waals surface area contributed by atoms with E-state index < -0.39 is 23.0 Å². The molecule has 0 radical (unpaired) electrons. The molecular weight excluding hydrogens is 396 g/mol. The van der Waals surface area contributed by atoms with Gasteiger partial charge in [0, 0.05) is 27.7 Å². The van der Waals surface area contributed by atoms with E-state index in [1.54, 1.807) is 45.0 Å². The minimum absolute atomic E-state index is 0.00291. The lowest BCUT2D eigenvalue weighted by atomic mass is 9.79. The van der Waals surface area contributed by atoms with E-state index in [2.05, 4.69) is 6.58 Å². The Morgan fingerprint density at radius 2 is 1.71 bits per heavy atom. The van der Waals surface area contributed by atoms with Gasteiger partial charge in [0.15, 0.2) is 5.78 Å². The van der Waals surface area contributed by atoms with E-state index in [4.69, 9.17) is 4.74 Å². The number of fused-ring (bicyclic) bond motifs is 1. The number of hydrogen-bond donors (Lipinski definition) is 1. The molecule has 2 rings (SSSR count). The van der Waals surface area contributed by atoms with Crippen molar-refractivity contribution in [3.05, 3.63) is 64.8 Å². The molecule has 0 amide bonds. The summed E-state index contributed by atoms with van der Waals surface area (Å²) in [6, 6.07) is 6.42. The average molecular weight is 424 g/mol. The highest BCUT2D eigenvalue weighted by atomic mass is 16.5. The van der Waals surface area contributed by atoms with Gasteiger partial charge in [-0.2, -0.15) is 0 Å². The molecule has 0 aliphatic heterocycles. The molecule has 0 fully saturated rings. The molecule has 0 spiro atoms. The predicted molar refractivity (Wildman–Crippen MR) is 117 cm³/mol. The number of aliphatic hydroxyl groups excluding tert-OH is 1. The lowest BCUT2D eigenvalue weighted by Crippen LogP contribution is -2.30. The quantitative estimate of drug-likeness (QED) is 0.355. The third kappa shape index (κ3) is 5.87. The number of ketones is 3. The van der Waals surface area contributed by atoms with Gasteiger partial charge >= 0.3 is 5.97 Å². The topological polar surface area (TPSA) is 97.7 Å². The van der Waals surface area contributed by atoms with Crippen molar-refractivity contribution in [2.24, 2.45) is 5.41 Å². The summed E-state index contributed by atoms with van der Waals surface area (Å²) in [5.41, 5.74) is 0.767. The number of aliphatic hydroxyl groups is 1. The zero-order chi connectivity index (χ0) is 23.3. The molecular formula is C25H28O6. The maximum atomic E-state index is 12.5. The van der Waals surface area contributed by atoms with Crippen LogP contribution in [0.25, 0.3) is 5.76 Å². The fourth-order valence-electron chi connectivity index (χ4n) is 3.21. The second-order valence-corrected chi connectivity index (χ2v) is 8.53. The van der Waals surface area contributed by atoms with Crippen LogP contribution in [0.1, 0.15) is 62.9 Å². The third-order valence-corrected chi connectivity index (χ3v) is 5.16. The first-order valence-corrected chi connectivity index (χ1v) is 10.1. The molecule has 0 bridgehead atoms. The molecule has 1 aliphatic carbocycles. The Balaban J connectivity index is 2.04. The Bertz CT molecular complexity index is 1010. The molecule has 1 aliphatic rings. The molecule has 0 atom stereocenters. The normalized spacial score (nSPS) is 14.4. The highest BCUT2D eigenvalue weighted by Crippen LogP contribution is 2.35. The zero-order valence-corrected chi connectivity index (χ0v) is 18.4. The van der Waals surface area contributed by atoms with Crippen molar-refractivity contribution >= 4 is 29.1 Å². The Kier molecular flexibility index (Phi) is 7.50. The van der Waals surface area contributed by atoms with Gasteiger partial charge in [0.25, 0.3) is 0 Å². The van der Waals surface area contributed by atoms with Gasteiger partial charge in [-0.25, -0.2) is 4.79 Å².